The van der Waals surface area contributed by atoms with E-state index in [1.54, 1.807) is 24.3 Å². The van der Waals surface area contributed by atoms with Gasteiger partial charge in [-0.1, -0.05) is 48.5 Å². The van der Waals surface area contributed by atoms with Gasteiger partial charge >= 0.3 is 0 Å². The summed E-state index contributed by atoms with van der Waals surface area (Å²) >= 11 is 0. The van der Waals surface area contributed by atoms with Crippen molar-refractivity contribution in [2.45, 2.75) is 69.5 Å². The maximum atomic E-state index is 14.2. The fraction of sp³-hybridized carbons (Fsp3) is 0.385. The summed E-state index contributed by atoms with van der Waals surface area (Å²) in [4.78, 5) is 56.5. The van der Waals surface area contributed by atoms with E-state index in [0.717, 1.165) is 11.1 Å². The zero-order chi connectivity index (χ0) is 38.1. The highest BCUT2D eigenvalue weighted by Gasteiger charge is 2.46. The molecule has 1 aromatic heterocycles. The molecule has 7 rings (SSSR count). The summed E-state index contributed by atoms with van der Waals surface area (Å²) in [6, 6.07) is 21.9. The van der Waals surface area contributed by atoms with Gasteiger partial charge < -0.3 is 40.3 Å². The lowest BCUT2D eigenvalue weighted by atomic mass is 9.89. The van der Waals surface area contributed by atoms with Crippen LogP contribution in [0.25, 0.3) is 11.5 Å². The quantitative estimate of drug-likeness (QED) is 0.181. The van der Waals surface area contributed by atoms with Gasteiger partial charge in [-0.3, -0.25) is 24.1 Å². The molecule has 0 aliphatic carbocycles. The first-order valence-corrected chi connectivity index (χ1v) is 18.0. The molecule has 4 amide bonds. The van der Waals surface area contributed by atoms with E-state index in [9.17, 15) is 24.3 Å². The molecular weight excluding hydrogens is 694 g/mol. The fourth-order valence-electron chi connectivity index (χ4n) is 6.35. The highest BCUT2D eigenvalue weighted by Crippen LogP contribution is 2.31. The molecule has 1 unspecified atom stereocenters. The second kappa shape index (κ2) is 17.4. The Morgan fingerprint density at radius 2 is 1.50 bits per heavy atom. The van der Waals surface area contributed by atoms with E-state index in [0.29, 0.717) is 42.9 Å². The maximum absolute atomic E-state index is 14.2. The van der Waals surface area contributed by atoms with E-state index in [1.165, 1.54) is 13.8 Å². The number of piperidine rings is 1. The molecule has 1 saturated heterocycles. The van der Waals surface area contributed by atoms with Gasteiger partial charge in [-0.05, 0) is 55.8 Å². The third-order valence-corrected chi connectivity index (χ3v) is 9.45. The molecule has 0 radical (unpaired) electrons. The summed E-state index contributed by atoms with van der Waals surface area (Å²) in [6.45, 7) is 4.33. The minimum absolute atomic E-state index is 0.153. The second-order valence-corrected chi connectivity index (χ2v) is 13.5. The topological polar surface area (TPSA) is 197 Å². The predicted molar refractivity (Wildman–Crippen MR) is 196 cm³/mol. The van der Waals surface area contributed by atoms with E-state index in [1.807, 2.05) is 60.7 Å². The molecule has 1 fully saturated rings. The molecule has 3 aromatic carbocycles. The van der Waals surface area contributed by atoms with Crippen LogP contribution in [0.5, 0.6) is 11.5 Å². The van der Waals surface area contributed by atoms with Gasteiger partial charge in [-0.15, -0.1) is 10.2 Å². The van der Waals surface area contributed by atoms with E-state index in [2.05, 4.69) is 36.4 Å². The summed E-state index contributed by atoms with van der Waals surface area (Å²) in [7, 11) is 0. The van der Waals surface area contributed by atoms with Crippen molar-refractivity contribution in [1.82, 2.24) is 36.4 Å². The number of aromatic nitrogens is 2. The molecule has 3 aliphatic heterocycles. The summed E-state index contributed by atoms with van der Waals surface area (Å²) in [5.74, 6) is -0.672. The van der Waals surface area contributed by atoms with Crippen LogP contribution in [-0.2, 0) is 32.1 Å². The lowest BCUT2D eigenvalue weighted by Crippen LogP contribution is -2.63. The number of ether oxygens (including phenoxy) is 2. The molecule has 1 spiro atoms. The van der Waals surface area contributed by atoms with Crippen LogP contribution in [0, 0.1) is 0 Å². The van der Waals surface area contributed by atoms with E-state index in [4.69, 9.17) is 13.9 Å². The van der Waals surface area contributed by atoms with Gasteiger partial charge in [-0.2, -0.15) is 0 Å². The molecule has 15 nitrogen and oxygen atoms in total. The van der Waals surface area contributed by atoms with Crippen LogP contribution < -0.4 is 30.7 Å². The first-order chi connectivity index (χ1) is 26.1. The fourth-order valence-corrected chi connectivity index (χ4v) is 6.35. The summed E-state index contributed by atoms with van der Waals surface area (Å²) < 4.78 is 18.2. The predicted octanol–water partition coefficient (Wildman–Crippen LogP) is 1.76. The Morgan fingerprint density at radius 1 is 0.833 bits per heavy atom. The van der Waals surface area contributed by atoms with Crippen molar-refractivity contribution < 1.29 is 38.2 Å². The number of likely N-dealkylation sites (tertiary alicyclic amines) is 1. The summed E-state index contributed by atoms with van der Waals surface area (Å²) in [6.07, 6.45) is -0.668. The van der Waals surface area contributed by atoms with Crippen molar-refractivity contribution in [2.75, 3.05) is 26.2 Å². The summed E-state index contributed by atoms with van der Waals surface area (Å²) in [5, 5.41) is 29.9. The minimum atomic E-state index is -1.43. The molecular formula is C39H45N7O8. The number of aliphatic hydroxyl groups is 1. The molecule has 15 heteroatoms. The Morgan fingerprint density at radius 3 is 2.19 bits per heavy atom. The zero-order valence-electron chi connectivity index (χ0n) is 30.2. The van der Waals surface area contributed by atoms with Gasteiger partial charge in [0.1, 0.15) is 36.2 Å². The Hall–Kier alpha value is -5.80. The van der Waals surface area contributed by atoms with Crippen LogP contribution in [0.3, 0.4) is 0 Å². The van der Waals surface area contributed by atoms with Crippen LogP contribution in [0.2, 0.25) is 0 Å². The van der Waals surface area contributed by atoms with Crippen molar-refractivity contribution in [3.8, 4) is 23.0 Å². The van der Waals surface area contributed by atoms with Crippen molar-refractivity contribution >= 4 is 23.6 Å². The number of aliphatic hydroxyl groups excluding tert-OH is 1. The largest absolute Gasteiger partial charge is 0.492 e. The molecule has 4 atom stereocenters. The number of nitrogens with zero attached hydrogens (tertiary/aromatic N) is 3. The Balaban J connectivity index is 1.20. The number of rotatable bonds is 6. The highest BCUT2D eigenvalue weighted by atomic mass is 16.5. The van der Waals surface area contributed by atoms with Gasteiger partial charge in [0, 0.05) is 37.9 Å². The van der Waals surface area contributed by atoms with Crippen molar-refractivity contribution in [2.24, 2.45) is 0 Å². The molecule has 284 valence electrons. The maximum Gasteiger partial charge on any atom is 0.265 e. The van der Waals surface area contributed by atoms with Crippen LogP contribution >= 0.6 is 0 Å². The third kappa shape index (κ3) is 9.59. The van der Waals surface area contributed by atoms with Crippen LogP contribution in [0.15, 0.2) is 89.3 Å². The number of carbonyl (C=O) groups is 4. The zero-order valence-corrected chi connectivity index (χ0v) is 30.2. The second-order valence-electron chi connectivity index (χ2n) is 13.5. The average Bonchev–Trinajstić information content (AvgIpc) is 3.65. The monoisotopic (exact) mass is 739 g/mol. The SMILES string of the molecule is C[C@@H]1NC(=O)C([C@@H](C)O)NC(=O)C2(CCN(Cc3nnc(-c4ccccc4)o3)CC2)Oc2ccc(cc2)OCCNC(=O)[C@H](Cc2ccccc2)NC1=O. The Labute approximate surface area is 312 Å². The van der Waals surface area contributed by atoms with Crippen LogP contribution in [0.4, 0.5) is 0 Å². The molecule has 0 saturated carbocycles. The number of fused-ring (bicyclic) bond motifs is 15. The molecule has 54 heavy (non-hydrogen) atoms. The van der Waals surface area contributed by atoms with E-state index >= 15 is 0 Å². The van der Waals surface area contributed by atoms with Crippen LogP contribution in [0.1, 0.15) is 38.1 Å². The van der Waals surface area contributed by atoms with Crippen molar-refractivity contribution in [1.29, 1.82) is 0 Å². The lowest BCUT2D eigenvalue weighted by molar-refractivity contribution is -0.146. The van der Waals surface area contributed by atoms with Crippen LogP contribution in [-0.4, -0.2) is 99.9 Å². The number of benzene rings is 3. The Bertz CT molecular complexity index is 1880. The lowest BCUT2D eigenvalue weighted by Gasteiger charge is -2.41. The third-order valence-electron chi connectivity index (χ3n) is 9.45. The van der Waals surface area contributed by atoms with Crippen molar-refractivity contribution in [3.63, 3.8) is 0 Å². The first kappa shape index (κ1) is 37.9. The van der Waals surface area contributed by atoms with Gasteiger partial charge in [0.15, 0.2) is 5.60 Å². The van der Waals surface area contributed by atoms with Gasteiger partial charge in [0.25, 0.3) is 5.91 Å². The minimum Gasteiger partial charge on any atom is -0.492 e. The summed E-state index contributed by atoms with van der Waals surface area (Å²) in [5.41, 5.74) is 0.213. The highest BCUT2D eigenvalue weighted by molar-refractivity contribution is 5.95. The van der Waals surface area contributed by atoms with E-state index in [-0.39, 0.29) is 32.4 Å². The molecule has 4 aromatic rings. The molecule has 4 heterocycles. The average molecular weight is 740 g/mol. The van der Waals surface area contributed by atoms with Crippen molar-refractivity contribution in [3.05, 3.63) is 96.4 Å². The Kier molecular flexibility index (Phi) is 12.2. The number of hydrogen-bond acceptors (Lipinski definition) is 11. The standard InChI is InChI=1S/C39H45N7O8/c1-25-34(48)42-31(23-27-9-5-3-6-10-27)35(49)40-19-22-52-29-13-15-30(16-14-29)54-39(38(51)43-33(26(2)47)36(50)41-25)17-20-46(21-18-39)24-32-44-45-37(53-32)28-11-7-4-8-12-28/h3-16,25-26,31,33,47H,17-24H2,1-2H3,(H,40,49)(H,41,50)(H,42,48)(H,43,51)/t25-,26+,31-,33?/m0/s1. The number of hydrogen-bond donors (Lipinski definition) is 5. The van der Waals surface area contributed by atoms with Gasteiger partial charge in [-0.25, -0.2) is 0 Å². The number of amides is 4. The van der Waals surface area contributed by atoms with Gasteiger partial charge in [0.2, 0.25) is 29.5 Å². The number of nitrogens with one attached hydrogen (secondary N) is 4. The number of carbonyl (C=O) groups excluding carboxylic acids is 4. The first-order valence-electron chi connectivity index (χ1n) is 18.0. The smallest absolute Gasteiger partial charge is 0.265 e. The molecule has 5 N–H and O–H groups in total. The molecule has 2 bridgehead atoms. The van der Waals surface area contributed by atoms with Gasteiger partial charge in [0.05, 0.1) is 19.2 Å². The normalized spacial score (nSPS) is 22.2. The van der Waals surface area contributed by atoms with E-state index < -0.39 is 53.5 Å². The molecule has 3 aliphatic rings.